The first-order chi connectivity index (χ1) is 13.0. The number of rotatable bonds is 5. The Kier molecular flexibility index (Phi) is 4.49. The van der Waals surface area contributed by atoms with Crippen LogP contribution >= 0.6 is 11.8 Å². The van der Waals surface area contributed by atoms with Crippen LogP contribution in [-0.4, -0.2) is 33.9 Å². The largest absolute Gasteiger partial charge is 0.378 e. The molecule has 0 spiro atoms. The maximum absolute atomic E-state index is 13.2. The molecule has 0 bridgehead atoms. The van der Waals surface area contributed by atoms with Gasteiger partial charge in [0.15, 0.2) is 10.8 Å². The summed E-state index contributed by atoms with van der Waals surface area (Å²) in [5.74, 6) is -1.07. The predicted molar refractivity (Wildman–Crippen MR) is 105 cm³/mol. The molecule has 0 saturated heterocycles. The standard InChI is InChI=1S/C20H19N3O3S/c21-19-22-17(24)16(27-19)20(26)14-10-4-5-11-15(14)23(18(20)25)12-6-9-13-7-2-1-3-8-13/h1-5,7-8,10-11,16,26H,6,9,12H2,(H2,21,22,24)/t16-,20-/m0/s1. The summed E-state index contributed by atoms with van der Waals surface area (Å²) in [7, 11) is 0. The second-order valence-electron chi connectivity index (χ2n) is 6.62. The van der Waals surface area contributed by atoms with Gasteiger partial charge in [-0.05, 0) is 24.5 Å². The molecular formula is C20H19N3O3S. The topological polar surface area (TPSA) is 96.0 Å². The van der Waals surface area contributed by atoms with E-state index >= 15 is 0 Å². The van der Waals surface area contributed by atoms with Crippen LogP contribution in [0.25, 0.3) is 0 Å². The van der Waals surface area contributed by atoms with Gasteiger partial charge in [-0.3, -0.25) is 9.59 Å². The van der Waals surface area contributed by atoms with Gasteiger partial charge in [-0.25, -0.2) is 0 Å². The monoisotopic (exact) mass is 381 g/mol. The summed E-state index contributed by atoms with van der Waals surface area (Å²) in [4.78, 5) is 30.7. The average Bonchev–Trinajstić information content (AvgIpc) is 3.13. The van der Waals surface area contributed by atoms with Gasteiger partial charge in [0.1, 0.15) is 5.25 Å². The molecule has 27 heavy (non-hydrogen) atoms. The van der Waals surface area contributed by atoms with Crippen LogP contribution in [-0.2, 0) is 21.6 Å². The maximum Gasteiger partial charge on any atom is 0.265 e. The van der Waals surface area contributed by atoms with Gasteiger partial charge in [-0.2, -0.15) is 4.99 Å². The summed E-state index contributed by atoms with van der Waals surface area (Å²) in [6, 6.07) is 17.1. The number of amides is 2. The Bertz CT molecular complexity index is 931. The summed E-state index contributed by atoms with van der Waals surface area (Å²) in [5, 5.41) is 10.3. The molecule has 0 unspecified atom stereocenters. The highest BCUT2D eigenvalue weighted by molar-refractivity contribution is 8.15. The number of hydrogen-bond donors (Lipinski definition) is 2. The molecular weight excluding hydrogens is 362 g/mol. The van der Waals surface area contributed by atoms with E-state index in [9.17, 15) is 14.7 Å². The van der Waals surface area contributed by atoms with Crippen LogP contribution in [0, 0.1) is 0 Å². The number of thioether (sulfide) groups is 1. The number of aryl methyl sites for hydroxylation is 1. The Morgan fingerprint density at radius 3 is 2.52 bits per heavy atom. The van der Waals surface area contributed by atoms with Gasteiger partial charge in [0.2, 0.25) is 0 Å². The summed E-state index contributed by atoms with van der Waals surface area (Å²) >= 11 is 0.941. The van der Waals surface area contributed by atoms with Crippen molar-refractivity contribution in [1.82, 2.24) is 0 Å². The van der Waals surface area contributed by atoms with E-state index in [1.165, 1.54) is 5.56 Å². The molecule has 7 heteroatoms. The fourth-order valence-corrected chi connectivity index (χ4v) is 4.59. The zero-order valence-electron chi connectivity index (χ0n) is 14.5. The van der Waals surface area contributed by atoms with E-state index in [-0.39, 0.29) is 5.17 Å². The number of nitrogens with zero attached hydrogens (tertiary/aromatic N) is 2. The Balaban J connectivity index is 1.59. The molecule has 4 rings (SSSR count). The van der Waals surface area contributed by atoms with Gasteiger partial charge in [-0.1, -0.05) is 60.3 Å². The number of aliphatic imine (C=N–C) groups is 1. The second kappa shape index (κ2) is 6.83. The minimum Gasteiger partial charge on any atom is -0.378 e. The molecule has 2 aromatic rings. The maximum atomic E-state index is 13.2. The van der Waals surface area contributed by atoms with Crippen molar-refractivity contribution < 1.29 is 14.7 Å². The van der Waals surface area contributed by atoms with Crippen LogP contribution in [0.15, 0.2) is 59.6 Å². The van der Waals surface area contributed by atoms with E-state index in [1.54, 1.807) is 23.1 Å². The lowest BCUT2D eigenvalue weighted by Gasteiger charge is -2.26. The summed E-state index contributed by atoms with van der Waals surface area (Å²) in [5.41, 5.74) is 5.96. The van der Waals surface area contributed by atoms with E-state index in [0.717, 1.165) is 24.6 Å². The lowest BCUT2D eigenvalue weighted by atomic mass is 9.91. The van der Waals surface area contributed by atoms with Crippen molar-refractivity contribution in [1.29, 1.82) is 0 Å². The molecule has 2 aliphatic heterocycles. The number of para-hydroxylation sites is 1. The van der Waals surface area contributed by atoms with Gasteiger partial charge in [0.05, 0.1) is 5.69 Å². The van der Waals surface area contributed by atoms with Crippen molar-refractivity contribution in [2.75, 3.05) is 11.4 Å². The molecule has 2 heterocycles. The van der Waals surface area contributed by atoms with E-state index in [4.69, 9.17) is 5.73 Å². The van der Waals surface area contributed by atoms with E-state index in [0.29, 0.717) is 17.8 Å². The number of anilines is 1. The lowest BCUT2D eigenvalue weighted by molar-refractivity contribution is -0.140. The van der Waals surface area contributed by atoms with Crippen molar-refractivity contribution in [3.63, 3.8) is 0 Å². The molecule has 2 atom stereocenters. The zero-order chi connectivity index (χ0) is 19.0. The van der Waals surface area contributed by atoms with Crippen LogP contribution < -0.4 is 10.6 Å². The number of benzene rings is 2. The summed E-state index contributed by atoms with van der Waals surface area (Å²) in [6.07, 6.45) is 1.56. The van der Waals surface area contributed by atoms with Crippen molar-refractivity contribution >= 4 is 34.4 Å². The molecule has 6 nitrogen and oxygen atoms in total. The van der Waals surface area contributed by atoms with Crippen LogP contribution in [0.4, 0.5) is 5.69 Å². The Hall–Kier alpha value is -2.64. The molecule has 2 aromatic carbocycles. The smallest absolute Gasteiger partial charge is 0.265 e. The predicted octanol–water partition coefficient (Wildman–Crippen LogP) is 1.81. The fraction of sp³-hybridized carbons (Fsp3) is 0.250. The number of aliphatic hydroxyl groups is 1. The normalized spacial score (nSPS) is 24.3. The molecule has 0 saturated carbocycles. The number of carbonyl (C=O) groups is 2. The highest BCUT2D eigenvalue weighted by Gasteiger charge is 2.58. The highest BCUT2D eigenvalue weighted by Crippen LogP contribution is 2.47. The lowest BCUT2D eigenvalue weighted by Crippen LogP contribution is -2.49. The average molecular weight is 381 g/mol. The van der Waals surface area contributed by atoms with Gasteiger partial charge in [-0.15, -0.1) is 0 Å². The number of nitrogens with two attached hydrogens (primary N) is 1. The van der Waals surface area contributed by atoms with Crippen molar-refractivity contribution in [3.8, 4) is 0 Å². The van der Waals surface area contributed by atoms with Crippen LogP contribution in [0.5, 0.6) is 0 Å². The third-order valence-corrected chi connectivity index (χ3v) is 6.04. The number of carbonyl (C=O) groups excluding carboxylic acids is 2. The number of amidine groups is 1. The third kappa shape index (κ3) is 2.93. The quantitative estimate of drug-likeness (QED) is 0.823. The molecule has 3 N–H and O–H groups in total. The van der Waals surface area contributed by atoms with Gasteiger partial charge in [0.25, 0.3) is 11.8 Å². The first kappa shape index (κ1) is 17.8. The molecule has 138 valence electrons. The summed E-state index contributed by atoms with van der Waals surface area (Å²) < 4.78 is 0. The van der Waals surface area contributed by atoms with E-state index in [1.807, 2.05) is 36.4 Å². The van der Waals surface area contributed by atoms with Crippen molar-refractivity contribution in [3.05, 3.63) is 65.7 Å². The van der Waals surface area contributed by atoms with Crippen molar-refractivity contribution in [2.24, 2.45) is 10.7 Å². The molecule has 0 radical (unpaired) electrons. The van der Waals surface area contributed by atoms with Crippen LogP contribution in [0.2, 0.25) is 0 Å². The van der Waals surface area contributed by atoms with E-state index < -0.39 is 22.7 Å². The van der Waals surface area contributed by atoms with Crippen LogP contribution in [0.1, 0.15) is 17.5 Å². The molecule has 0 aliphatic carbocycles. The highest BCUT2D eigenvalue weighted by atomic mass is 32.2. The molecule has 0 fully saturated rings. The zero-order valence-corrected chi connectivity index (χ0v) is 15.4. The Morgan fingerprint density at radius 1 is 1.11 bits per heavy atom. The van der Waals surface area contributed by atoms with Gasteiger partial charge in [0, 0.05) is 12.1 Å². The molecule has 2 amide bonds. The first-order valence-corrected chi connectivity index (χ1v) is 9.62. The van der Waals surface area contributed by atoms with E-state index in [2.05, 4.69) is 4.99 Å². The van der Waals surface area contributed by atoms with Crippen LogP contribution in [0.3, 0.4) is 0 Å². The number of hydrogen-bond acceptors (Lipinski definition) is 5. The Labute approximate surface area is 161 Å². The second-order valence-corrected chi connectivity index (χ2v) is 7.74. The number of fused-ring (bicyclic) bond motifs is 1. The first-order valence-electron chi connectivity index (χ1n) is 8.74. The minimum atomic E-state index is -1.95. The Morgan fingerprint density at radius 2 is 1.81 bits per heavy atom. The molecule has 2 aliphatic rings. The van der Waals surface area contributed by atoms with Crippen molar-refractivity contribution in [2.45, 2.75) is 23.7 Å². The van der Waals surface area contributed by atoms with Gasteiger partial charge < -0.3 is 15.7 Å². The van der Waals surface area contributed by atoms with Gasteiger partial charge >= 0.3 is 0 Å². The third-order valence-electron chi connectivity index (χ3n) is 4.93. The SMILES string of the molecule is NC1=NC(=O)[C@@H]([C@]2(O)C(=O)N(CCCc3ccccc3)c3ccccc32)S1. The molecule has 0 aromatic heterocycles. The summed E-state index contributed by atoms with van der Waals surface area (Å²) in [6.45, 7) is 0.453. The fourth-order valence-electron chi connectivity index (χ4n) is 3.65. The minimum absolute atomic E-state index is 0.0752.